The maximum absolute atomic E-state index is 13.9. The van der Waals surface area contributed by atoms with Crippen LogP contribution < -0.4 is 5.32 Å². The van der Waals surface area contributed by atoms with Gasteiger partial charge in [-0.3, -0.25) is 14.7 Å². The third-order valence-corrected chi connectivity index (χ3v) is 5.43. The summed E-state index contributed by atoms with van der Waals surface area (Å²) in [5, 5.41) is 13.3. The first kappa shape index (κ1) is 18.6. The molecular weight excluding hydrogens is 364 g/mol. The van der Waals surface area contributed by atoms with Gasteiger partial charge in [0.2, 0.25) is 5.91 Å². The zero-order valence-electron chi connectivity index (χ0n) is 15.3. The van der Waals surface area contributed by atoms with Gasteiger partial charge in [0.15, 0.2) is 0 Å². The van der Waals surface area contributed by atoms with Gasteiger partial charge in [0.25, 0.3) is 0 Å². The fourth-order valence-corrected chi connectivity index (χ4v) is 4.04. The van der Waals surface area contributed by atoms with Gasteiger partial charge in [-0.05, 0) is 30.7 Å². The third-order valence-electron chi connectivity index (χ3n) is 5.43. The third kappa shape index (κ3) is 3.62. The van der Waals surface area contributed by atoms with Gasteiger partial charge in [-0.1, -0.05) is 0 Å². The number of hydrogen-bond donors (Lipinski definition) is 1. The van der Waals surface area contributed by atoms with Gasteiger partial charge in [0.1, 0.15) is 23.5 Å². The van der Waals surface area contributed by atoms with E-state index in [1.807, 2.05) is 17.0 Å². The highest BCUT2D eigenvalue weighted by atomic mass is 19.1. The second-order valence-corrected chi connectivity index (χ2v) is 7.38. The number of likely N-dealkylation sites (tertiary alicyclic amines) is 2. The molecule has 2 aromatic rings. The Morgan fingerprint density at radius 3 is 3.04 bits per heavy atom. The molecule has 3 atom stereocenters. The summed E-state index contributed by atoms with van der Waals surface area (Å²) in [5.74, 6) is -0.563. The largest absolute Gasteiger partial charge is 0.380 e. The van der Waals surface area contributed by atoms with E-state index < -0.39 is 12.2 Å². The summed E-state index contributed by atoms with van der Waals surface area (Å²) >= 11 is 0. The Hall–Kier alpha value is -2.79. The van der Waals surface area contributed by atoms with Crippen molar-refractivity contribution >= 4 is 22.5 Å². The van der Waals surface area contributed by atoms with Crippen molar-refractivity contribution in [3.63, 3.8) is 0 Å². The van der Waals surface area contributed by atoms with Crippen molar-refractivity contribution in [1.82, 2.24) is 14.8 Å². The van der Waals surface area contributed by atoms with Crippen molar-refractivity contribution in [1.29, 1.82) is 5.26 Å². The average Bonchev–Trinajstić information content (AvgIpc) is 3.30. The molecule has 28 heavy (non-hydrogen) atoms. The molecule has 0 saturated carbocycles. The van der Waals surface area contributed by atoms with Crippen LogP contribution in [-0.2, 0) is 4.79 Å². The zero-order chi connectivity index (χ0) is 19.7. The molecule has 2 fully saturated rings. The van der Waals surface area contributed by atoms with Gasteiger partial charge in [-0.25, -0.2) is 8.78 Å². The first-order valence-electron chi connectivity index (χ1n) is 9.40. The minimum Gasteiger partial charge on any atom is -0.380 e. The fraction of sp³-hybridized carbons (Fsp3) is 0.450. The number of carbonyl (C=O) groups excluding carboxylic acids is 1. The Kier molecular flexibility index (Phi) is 5.09. The summed E-state index contributed by atoms with van der Waals surface area (Å²) in [6.07, 6.45) is 1.37. The molecule has 0 radical (unpaired) electrons. The Labute approximate surface area is 161 Å². The molecule has 1 amide bonds. The minimum absolute atomic E-state index is 0.00114. The molecule has 2 aliphatic rings. The minimum atomic E-state index is -1.12. The van der Waals surface area contributed by atoms with E-state index in [-0.39, 0.29) is 37.3 Å². The van der Waals surface area contributed by atoms with Crippen LogP contribution in [0.25, 0.3) is 10.9 Å². The molecule has 8 heteroatoms. The molecule has 1 aromatic heterocycles. The lowest BCUT2D eigenvalue weighted by Gasteiger charge is -2.23. The molecule has 1 N–H and O–H groups in total. The predicted octanol–water partition coefficient (Wildman–Crippen LogP) is 2.32. The van der Waals surface area contributed by atoms with Crippen molar-refractivity contribution in [3.05, 3.63) is 36.3 Å². The van der Waals surface area contributed by atoms with E-state index in [4.69, 9.17) is 5.26 Å². The van der Waals surface area contributed by atoms with Crippen LogP contribution >= 0.6 is 0 Å². The average molecular weight is 385 g/mol. The van der Waals surface area contributed by atoms with Gasteiger partial charge in [-0.15, -0.1) is 0 Å². The van der Waals surface area contributed by atoms with Crippen LogP contribution in [0.1, 0.15) is 12.8 Å². The molecule has 0 bridgehead atoms. The smallest absolute Gasteiger partial charge is 0.237 e. The predicted molar refractivity (Wildman–Crippen MR) is 101 cm³/mol. The van der Waals surface area contributed by atoms with Gasteiger partial charge in [0.05, 0.1) is 19.2 Å². The van der Waals surface area contributed by atoms with E-state index in [1.165, 1.54) is 11.0 Å². The number of benzene rings is 1. The maximum Gasteiger partial charge on any atom is 0.237 e. The summed E-state index contributed by atoms with van der Waals surface area (Å²) in [6.45, 7) is 1.55. The summed E-state index contributed by atoms with van der Waals surface area (Å²) in [6, 6.07) is 8.15. The lowest BCUT2D eigenvalue weighted by atomic mass is 10.1. The summed E-state index contributed by atoms with van der Waals surface area (Å²) in [4.78, 5) is 19.9. The van der Waals surface area contributed by atoms with Crippen LogP contribution in [0.4, 0.5) is 14.5 Å². The number of anilines is 1. The Morgan fingerprint density at radius 2 is 2.21 bits per heavy atom. The number of fused-ring (bicyclic) bond motifs is 1. The molecule has 146 valence electrons. The Bertz CT molecular complexity index is 930. The highest BCUT2D eigenvalue weighted by Crippen LogP contribution is 2.26. The number of amides is 1. The molecule has 4 rings (SSSR count). The van der Waals surface area contributed by atoms with Gasteiger partial charge in [-0.2, -0.15) is 5.26 Å². The number of pyridine rings is 1. The number of nitrogens with zero attached hydrogens (tertiary/aromatic N) is 4. The summed E-state index contributed by atoms with van der Waals surface area (Å²) < 4.78 is 27.5. The molecule has 3 heterocycles. The number of alkyl halides is 1. The maximum atomic E-state index is 13.9. The van der Waals surface area contributed by atoms with Crippen LogP contribution in [0.3, 0.4) is 0 Å². The second-order valence-electron chi connectivity index (χ2n) is 7.38. The molecule has 1 aromatic carbocycles. The monoisotopic (exact) mass is 385 g/mol. The van der Waals surface area contributed by atoms with Crippen molar-refractivity contribution < 1.29 is 13.6 Å². The van der Waals surface area contributed by atoms with Gasteiger partial charge >= 0.3 is 0 Å². The molecule has 0 spiro atoms. The van der Waals surface area contributed by atoms with E-state index >= 15 is 0 Å². The molecule has 6 nitrogen and oxygen atoms in total. The Balaban J connectivity index is 1.38. The number of nitriles is 1. The molecule has 0 unspecified atom stereocenters. The summed E-state index contributed by atoms with van der Waals surface area (Å²) in [5.41, 5.74) is 1.14. The first-order chi connectivity index (χ1) is 13.5. The molecular formula is C20H21F2N5O. The van der Waals surface area contributed by atoms with Crippen LogP contribution in [-0.4, -0.2) is 65.1 Å². The number of aromatic nitrogens is 1. The first-order valence-corrected chi connectivity index (χ1v) is 9.40. The molecule has 0 aliphatic carbocycles. The Morgan fingerprint density at radius 1 is 1.36 bits per heavy atom. The number of hydrogen-bond acceptors (Lipinski definition) is 5. The fourth-order valence-electron chi connectivity index (χ4n) is 4.04. The second kappa shape index (κ2) is 7.68. The number of carbonyl (C=O) groups is 1. The van der Waals surface area contributed by atoms with E-state index in [2.05, 4.69) is 10.3 Å². The highest BCUT2D eigenvalue weighted by Gasteiger charge is 2.36. The van der Waals surface area contributed by atoms with Crippen LogP contribution in [0.2, 0.25) is 0 Å². The van der Waals surface area contributed by atoms with Crippen molar-refractivity contribution in [3.8, 4) is 6.07 Å². The van der Waals surface area contributed by atoms with E-state index in [0.29, 0.717) is 12.1 Å². The van der Waals surface area contributed by atoms with E-state index in [0.717, 1.165) is 24.0 Å². The molecule has 2 saturated heterocycles. The zero-order valence-corrected chi connectivity index (χ0v) is 15.3. The van der Waals surface area contributed by atoms with E-state index in [1.54, 1.807) is 18.3 Å². The number of rotatable bonds is 4. The van der Waals surface area contributed by atoms with E-state index in [9.17, 15) is 13.6 Å². The van der Waals surface area contributed by atoms with Crippen LogP contribution in [0.5, 0.6) is 0 Å². The normalized spacial score (nSPS) is 25.2. The lowest BCUT2D eigenvalue weighted by Crippen LogP contribution is -2.42. The van der Waals surface area contributed by atoms with Gasteiger partial charge < -0.3 is 10.2 Å². The summed E-state index contributed by atoms with van der Waals surface area (Å²) in [7, 11) is 0. The topological polar surface area (TPSA) is 72.3 Å². The highest BCUT2D eigenvalue weighted by molar-refractivity contribution is 5.91. The van der Waals surface area contributed by atoms with Gasteiger partial charge in [0, 0.05) is 42.8 Å². The van der Waals surface area contributed by atoms with Crippen molar-refractivity contribution in [2.75, 3.05) is 31.5 Å². The standard InChI is InChI=1S/C20H21F2N5O/c21-13-8-15(9-23)27(10-13)19(28)12-26-7-5-14(11-26)25-18-4-3-17(22)20-16(18)2-1-6-24-20/h1-4,6,13-15,25H,5,7-8,10-12H2/t13-,14-,15-/m0/s1. The number of halogens is 2. The van der Waals surface area contributed by atoms with Crippen molar-refractivity contribution in [2.24, 2.45) is 0 Å². The van der Waals surface area contributed by atoms with Crippen LogP contribution in [0, 0.1) is 17.1 Å². The quantitative estimate of drug-likeness (QED) is 0.875. The number of nitrogens with one attached hydrogen (secondary N) is 1. The molecule has 2 aliphatic heterocycles. The van der Waals surface area contributed by atoms with Crippen LogP contribution in [0.15, 0.2) is 30.5 Å². The lowest BCUT2D eigenvalue weighted by molar-refractivity contribution is -0.132. The SMILES string of the molecule is N#C[C@@H]1C[C@H](F)CN1C(=O)CN1CC[C@H](Nc2ccc(F)c3ncccc23)C1. The van der Waals surface area contributed by atoms with Crippen molar-refractivity contribution in [2.45, 2.75) is 31.1 Å².